The lowest BCUT2D eigenvalue weighted by Crippen LogP contribution is -2.31. The van der Waals surface area contributed by atoms with Crippen molar-refractivity contribution in [3.8, 4) is 5.75 Å². The molecule has 0 unspecified atom stereocenters. The molecule has 1 aromatic heterocycles. The summed E-state index contributed by atoms with van der Waals surface area (Å²) in [6.45, 7) is 2.01. The second kappa shape index (κ2) is 8.50. The van der Waals surface area contributed by atoms with Gasteiger partial charge in [-0.05, 0) is 30.3 Å². The monoisotopic (exact) mass is 402 g/mol. The van der Waals surface area contributed by atoms with Gasteiger partial charge in [0, 0.05) is 18.5 Å². The van der Waals surface area contributed by atoms with Crippen molar-refractivity contribution in [1.82, 2.24) is 9.88 Å². The molecule has 27 heavy (non-hydrogen) atoms. The number of thiazole rings is 1. The van der Waals surface area contributed by atoms with Crippen LogP contribution in [0.2, 0.25) is 5.02 Å². The number of aromatic nitrogens is 1. The molecule has 0 bridgehead atoms. The van der Waals surface area contributed by atoms with E-state index in [1.54, 1.807) is 48.4 Å². The molecule has 0 spiro atoms. The fraction of sp³-hybridized carbons (Fsp3) is 0.250. The Morgan fingerprint density at radius 2 is 2.00 bits per heavy atom. The van der Waals surface area contributed by atoms with Crippen LogP contribution in [0.25, 0.3) is 10.2 Å². The summed E-state index contributed by atoms with van der Waals surface area (Å²) in [5.74, 6) is 0.0925. The third-order valence-corrected chi connectivity index (χ3v) is 5.31. The van der Waals surface area contributed by atoms with E-state index in [1.807, 2.05) is 24.3 Å². The van der Waals surface area contributed by atoms with Crippen molar-refractivity contribution in [2.24, 2.45) is 0 Å². The number of fused-ring (bicyclic) bond motifs is 1. The minimum Gasteiger partial charge on any atom is -0.483 e. The second-order valence-corrected chi connectivity index (χ2v) is 7.58. The molecular formula is C20H19ClN2O3S. The van der Waals surface area contributed by atoms with Gasteiger partial charge >= 0.3 is 0 Å². The van der Waals surface area contributed by atoms with Crippen molar-refractivity contribution in [2.75, 3.05) is 13.7 Å². The molecule has 3 aromatic rings. The van der Waals surface area contributed by atoms with Gasteiger partial charge in [0.2, 0.25) is 0 Å². The van der Waals surface area contributed by atoms with Crippen LogP contribution < -0.4 is 4.74 Å². The van der Waals surface area contributed by atoms with Gasteiger partial charge in [-0.1, -0.05) is 30.7 Å². The number of halogens is 1. The molecule has 0 saturated heterocycles. The number of hydrogen-bond acceptors (Lipinski definition) is 5. The highest BCUT2D eigenvalue weighted by Gasteiger charge is 2.16. The third-order valence-electron chi connectivity index (χ3n) is 4.05. The zero-order valence-corrected chi connectivity index (χ0v) is 16.6. The van der Waals surface area contributed by atoms with E-state index in [9.17, 15) is 9.59 Å². The normalized spacial score (nSPS) is 10.8. The first-order valence-corrected chi connectivity index (χ1v) is 9.71. The number of amides is 1. The van der Waals surface area contributed by atoms with Gasteiger partial charge in [-0.25, -0.2) is 4.98 Å². The molecule has 2 aromatic carbocycles. The highest BCUT2D eigenvalue weighted by molar-refractivity contribution is 7.18. The van der Waals surface area contributed by atoms with Crippen molar-refractivity contribution in [1.29, 1.82) is 0 Å². The molecule has 0 fully saturated rings. The molecule has 0 saturated carbocycles. The Labute approximate surface area is 166 Å². The second-order valence-electron chi connectivity index (χ2n) is 6.03. The minimum atomic E-state index is -0.195. The zero-order chi connectivity index (χ0) is 19.4. The number of ether oxygens (including phenoxy) is 1. The molecular weight excluding hydrogens is 384 g/mol. The molecule has 0 N–H and O–H groups in total. The van der Waals surface area contributed by atoms with Crippen LogP contribution in [0, 0.1) is 0 Å². The van der Waals surface area contributed by atoms with Crippen LogP contribution >= 0.6 is 22.9 Å². The lowest BCUT2D eigenvalue weighted by atomic mass is 10.1. The Balaban J connectivity index is 1.64. The largest absolute Gasteiger partial charge is 0.483 e. The van der Waals surface area contributed by atoms with Crippen molar-refractivity contribution in [2.45, 2.75) is 19.9 Å². The van der Waals surface area contributed by atoms with E-state index in [0.29, 0.717) is 29.3 Å². The van der Waals surface area contributed by atoms with E-state index in [1.165, 1.54) is 0 Å². The third kappa shape index (κ3) is 4.64. The molecule has 140 valence electrons. The zero-order valence-electron chi connectivity index (χ0n) is 15.1. The van der Waals surface area contributed by atoms with Gasteiger partial charge in [0.1, 0.15) is 10.8 Å². The van der Waals surface area contributed by atoms with Gasteiger partial charge in [-0.3, -0.25) is 9.59 Å². The molecule has 1 amide bonds. The molecule has 5 nitrogen and oxygen atoms in total. The molecule has 0 aliphatic rings. The van der Waals surface area contributed by atoms with Crippen LogP contribution in [0.15, 0.2) is 42.5 Å². The Morgan fingerprint density at radius 3 is 2.74 bits per heavy atom. The van der Waals surface area contributed by atoms with E-state index in [2.05, 4.69) is 4.98 Å². The smallest absolute Gasteiger partial charge is 0.260 e. The summed E-state index contributed by atoms with van der Waals surface area (Å²) < 4.78 is 6.70. The van der Waals surface area contributed by atoms with Gasteiger partial charge in [-0.15, -0.1) is 11.3 Å². The number of carbonyl (C=O) groups excluding carboxylic acids is 2. The van der Waals surface area contributed by atoms with Gasteiger partial charge in [0.25, 0.3) is 5.91 Å². The number of likely N-dealkylation sites (N-methyl/N-ethyl adjacent to an activating group) is 1. The predicted octanol–water partition coefficient (Wildman–Crippen LogP) is 4.58. The van der Waals surface area contributed by atoms with Gasteiger partial charge in [0.15, 0.2) is 12.4 Å². The summed E-state index contributed by atoms with van der Waals surface area (Å²) in [6, 6.07) is 12.7. The number of Topliss-reactive ketones (excluding diaryl/α,β-unsaturated/α-hetero) is 1. The number of hydrogen-bond donors (Lipinski definition) is 0. The number of ketones is 1. The van der Waals surface area contributed by atoms with Crippen LogP contribution in [0.1, 0.15) is 28.7 Å². The van der Waals surface area contributed by atoms with E-state index in [0.717, 1.165) is 15.2 Å². The minimum absolute atomic E-state index is 0.0808. The highest BCUT2D eigenvalue weighted by atomic mass is 35.5. The lowest BCUT2D eigenvalue weighted by Gasteiger charge is -2.17. The first-order valence-electron chi connectivity index (χ1n) is 8.52. The Bertz CT molecular complexity index is 953. The molecule has 1 heterocycles. The summed E-state index contributed by atoms with van der Waals surface area (Å²) >= 11 is 7.53. The van der Waals surface area contributed by atoms with Crippen LogP contribution in [-0.2, 0) is 11.3 Å². The highest BCUT2D eigenvalue weighted by Crippen LogP contribution is 2.25. The summed E-state index contributed by atoms with van der Waals surface area (Å²) in [4.78, 5) is 30.6. The molecule has 0 aliphatic carbocycles. The average Bonchev–Trinajstić information content (AvgIpc) is 3.08. The standard InChI is InChI=1S/C20H19ClN2O3S/c1-3-16(24)14-10-13(21)8-9-17(14)26-12-20(25)23(2)11-19-22-15-6-4-5-7-18(15)27-19/h4-10H,3,11-12H2,1-2H3. The van der Waals surface area contributed by atoms with E-state index < -0.39 is 0 Å². The Kier molecular flexibility index (Phi) is 6.08. The van der Waals surface area contributed by atoms with Crippen LogP contribution in [0.3, 0.4) is 0 Å². The predicted molar refractivity (Wildman–Crippen MR) is 108 cm³/mol. The van der Waals surface area contributed by atoms with E-state index in [4.69, 9.17) is 16.3 Å². The topological polar surface area (TPSA) is 59.5 Å². The first-order chi connectivity index (χ1) is 13.0. The average molecular weight is 403 g/mol. The number of nitrogens with zero attached hydrogens (tertiary/aromatic N) is 2. The number of rotatable bonds is 7. The maximum atomic E-state index is 12.4. The van der Waals surface area contributed by atoms with Crippen LogP contribution in [0.4, 0.5) is 0 Å². The lowest BCUT2D eigenvalue weighted by molar-refractivity contribution is -0.132. The van der Waals surface area contributed by atoms with E-state index in [-0.39, 0.29) is 18.3 Å². The van der Waals surface area contributed by atoms with E-state index >= 15 is 0 Å². The molecule has 7 heteroatoms. The molecule has 0 aliphatic heterocycles. The number of carbonyl (C=O) groups is 2. The summed E-state index contributed by atoms with van der Waals surface area (Å²) in [6.07, 6.45) is 0.335. The fourth-order valence-corrected chi connectivity index (χ4v) is 3.76. The quantitative estimate of drug-likeness (QED) is 0.543. The van der Waals surface area contributed by atoms with Crippen molar-refractivity contribution < 1.29 is 14.3 Å². The number of benzene rings is 2. The van der Waals surface area contributed by atoms with Gasteiger partial charge in [0.05, 0.1) is 22.3 Å². The summed E-state index contributed by atoms with van der Waals surface area (Å²) in [7, 11) is 1.71. The maximum Gasteiger partial charge on any atom is 0.260 e. The van der Waals surface area contributed by atoms with Gasteiger partial charge < -0.3 is 9.64 Å². The van der Waals surface area contributed by atoms with Gasteiger partial charge in [-0.2, -0.15) is 0 Å². The SMILES string of the molecule is CCC(=O)c1cc(Cl)ccc1OCC(=O)N(C)Cc1nc2ccccc2s1. The molecule has 3 rings (SSSR count). The first kappa shape index (κ1) is 19.3. The Hall–Kier alpha value is -2.44. The summed E-state index contributed by atoms with van der Waals surface area (Å²) in [5, 5.41) is 1.32. The van der Waals surface area contributed by atoms with Crippen molar-refractivity contribution >= 4 is 44.8 Å². The molecule has 0 radical (unpaired) electrons. The van der Waals surface area contributed by atoms with Crippen molar-refractivity contribution in [3.63, 3.8) is 0 Å². The maximum absolute atomic E-state index is 12.4. The summed E-state index contributed by atoms with van der Waals surface area (Å²) in [5.41, 5.74) is 1.32. The molecule has 0 atom stereocenters. The van der Waals surface area contributed by atoms with Crippen LogP contribution in [-0.4, -0.2) is 35.2 Å². The number of para-hydroxylation sites is 1. The van der Waals surface area contributed by atoms with Crippen LogP contribution in [0.5, 0.6) is 5.75 Å². The van der Waals surface area contributed by atoms with Crippen molar-refractivity contribution in [3.05, 3.63) is 58.1 Å². The fourth-order valence-electron chi connectivity index (χ4n) is 2.56. The Morgan fingerprint density at radius 1 is 1.22 bits per heavy atom.